The number of anilines is 1. The number of aromatic nitrogens is 2. The van der Waals surface area contributed by atoms with Gasteiger partial charge in [0.25, 0.3) is 5.91 Å². The Bertz CT molecular complexity index is 1360. The molecule has 10 heteroatoms. The van der Waals surface area contributed by atoms with Gasteiger partial charge in [-0.05, 0) is 69.5 Å². The third-order valence-electron chi connectivity index (χ3n) is 9.34. The molecule has 5 rings (SSSR count). The van der Waals surface area contributed by atoms with Crippen LogP contribution in [0.5, 0.6) is 6.01 Å². The smallest absolute Gasteiger partial charge is 0.318 e. The molecule has 1 aromatic carbocycles. The molecule has 0 N–H and O–H groups in total. The lowest BCUT2D eigenvalue weighted by atomic mass is 9.91. The number of amides is 1. The number of nitrogens with zero attached hydrogens (tertiary/aromatic N) is 6. The fourth-order valence-electron chi connectivity index (χ4n) is 6.84. The Morgan fingerprint density at radius 2 is 1.93 bits per heavy atom. The molecule has 44 heavy (non-hydrogen) atoms. The summed E-state index contributed by atoms with van der Waals surface area (Å²) in [5.74, 6) is -0.964. The molecule has 0 radical (unpaired) electrons. The number of likely N-dealkylation sites (tertiary alicyclic amines) is 1. The van der Waals surface area contributed by atoms with Gasteiger partial charge in [0.2, 0.25) is 0 Å². The van der Waals surface area contributed by atoms with Gasteiger partial charge in [-0.3, -0.25) is 9.69 Å². The van der Waals surface area contributed by atoms with Crippen LogP contribution in [0, 0.1) is 11.3 Å². The molecule has 1 aliphatic carbocycles. The summed E-state index contributed by atoms with van der Waals surface area (Å²) < 4.78 is 20.2. The van der Waals surface area contributed by atoms with Gasteiger partial charge < -0.3 is 14.5 Å². The highest BCUT2D eigenvalue weighted by Crippen LogP contribution is 2.33. The third-order valence-corrected chi connectivity index (χ3v) is 9.71. The highest BCUT2D eigenvalue weighted by atomic mass is 35.5. The Labute approximate surface area is 265 Å². The van der Waals surface area contributed by atoms with Crippen LogP contribution in [0.15, 0.2) is 36.7 Å². The fourth-order valence-corrected chi connectivity index (χ4v) is 7.07. The molecule has 236 valence electrons. The summed E-state index contributed by atoms with van der Waals surface area (Å²) in [7, 11) is 0. The second kappa shape index (κ2) is 15.2. The van der Waals surface area contributed by atoms with Gasteiger partial charge in [0.1, 0.15) is 12.4 Å². The molecule has 2 aliphatic heterocycles. The number of rotatable bonds is 13. The number of halogens is 2. The molecule has 0 bridgehead atoms. The van der Waals surface area contributed by atoms with Gasteiger partial charge in [0, 0.05) is 42.3 Å². The highest BCUT2D eigenvalue weighted by molar-refractivity contribution is 6.31. The van der Waals surface area contributed by atoms with E-state index in [-0.39, 0.29) is 13.0 Å². The lowest BCUT2D eigenvalue weighted by Gasteiger charge is -2.41. The molecule has 1 amide bonds. The summed E-state index contributed by atoms with van der Waals surface area (Å²) in [4.78, 5) is 28.7. The monoisotopic (exact) mass is 622 g/mol. The predicted octanol–water partition coefficient (Wildman–Crippen LogP) is 6.07. The average Bonchev–Trinajstić information content (AvgIpc) is 3.44. The maximum atomic E-state index is 13.8. The van der Waals surface area contributed by atoms with Crippen molar-refractivity contribution in [3.8, 4) is 12.1 Å². The summed E-state index contributed by atoms with van der Waals surface area (Å²) in [6.07, 6.45) is 10.4. The number of piperazine rings is 1. The van der Waals surface area contributed by atoms with Crippen molar-refractivity contribution in [1.29, 1.82) is 5.26 Å². The SMILES string of the molecule is C=C(F)C(=O)N1CCN(c2nc(OCC3CCCN3C3CCC3)nc(CCCc3ccccc3Cl)c2CCC)CC1CC#N. The van der Waals surface area contributed by atoms with Crippen molar-refractivity contribution in [2.45, 2.75) is 95.7 Å². The van der Waals surface area contributed by atoms with Crippen molar-refractivity contribution < 1.29 is 13.9 Å². The van der Waals surface area contributed by atoms with Gasteiger partial charge in [-0.1, -0.05) is 56.1 Å². The summed E-state index contributed by atoms with van der Waals surface area (Å²) in [6.45, 7) is 8.13. The minimum absolute atomic E-state index is 0.0937. The number of benzene rings is 1. The fraction of sp³-hybridized carbons (Fsp3) is 0.588. The van der Waals surface area contributed by atoms with E-state index in [1.807, 2.05) is 18.2 Å². The van der Waals surface area contributed by atoms with Gasteiger partial charge in [-0.2, -0.15) is 15.2 Å². The van der Waals surface area contributed by atoms with Crippen molar-refractivity contribution in [2.24, 2.45) is 0 Å². The number of carbonyl (C=O) groups excluding carboxylic acids is 1. The van der Waals surface area contributed by atoms with Crippen LogP contribution in [0.1, 0.15) is 75.1 Å². The largest absolute Gasteiger partial charge is 0.462 e. The lowest BCUT2D eigenvalue weighted by Crippen LogP contribution is -2.55. The van der Waals surface area contributed by atoms with Crippen LogP contribution < -0.4 is 9.64 Å². The van der Waals surface area contributed by atoms with Gasteiger partial charge in [0.05, 0.1) is 24.2 Å². The lowest BCUT2D eigenvalue weighted by molar-refractivity contribution is -0.131. The number of carbonyl (C=O) groups is 1. The predicted molar refractivity (Wildman–Crippen MR) is 171 cm³/mol. The van der Waals surface area contributed by atoms with E-state index in [1.165, 1.54) is 30.6 Å². The number of aryl methyl sites for hydroxylation is 2. The Morgan fingerprint density at radius 3 is 2.64 bits per heavy atom. The highest BCUT2D eigenvalue weighted by Gasteiger charge is 2.36. The molecule has 2 aromatic rings. The number of hydrogen-bond acceptors (Lipinski definition) is 7. The molecule has 1 saturated carbocycles. The molecule has 3 heterocycles. The van der Waals surface area contributed by atoms with Crippen molar-refractivity contribution in [2.75, 3.05) is 37.7 Å². The standard InChI is InChI=1S/C34H44ClFN6O2/c1-3-9-29-31(16-6-11-25-10-4-5-15-30(25)35)38-34(44-23-28-14-8-19-41(28)26-12-7-13-26)39-32(29)40-20-21-42(33(43)24(2)36)27(22-40)17-18-37/h4-5,10,15,26-28H,2-3,6-9,11-14,16-17,19-23H2,1H3. The van der Waals surface area contributed by atoms with Crippen molar-refractivity contribution >= 4 is 23.3 Å². The van der Waals surface area contributed by atoms with Crippen LogP contribution in [0.25, 0.3) is 0 Å². The van der Waals surface area contributed by atoms with Crippen LogP contribution in [0.2, 0.25) is 5.02 Å². The first-order valence-electron chi connectivity index (χ1n) is 16.2. The molecule has 3 fully saturated rings. The number of hydrogen-bond donors (Lipinski definition) is 0. The summed E-state index contributed by atoms with van der Waals surface area (Å²) >= 11 is 6.45. The van der Waals surface area contributed by atoms with E-state index in [2.05, 4.69) is 35.4 Å². The van der Waals surface area contributed by atoms with Gasteiger partial charge in [-0.25, -0.2) is 4.39 Å². The molecule has 1 aromatic heterocycles. The van der Waals surface area contributed by atoms with E-state index in [0.717, 1.165) is 72.7 Å². The maximum absolute atomic E-state index is 13.8. The van der Waals surface area contributed by atoms with Crippen molar-refractivity contribution in [3.63, 3.8) is 0 Å². The topological polar surface area (TPSA) is 85.6 Å². The zero-order valence-electron chi connectivity index (χ0n) is 25.8. The molecule has 3 aliphatic rings. The van der Waals surface area contributed by atoms with E-state index < -0.39 is 17.8 Å². The summed E-state index contributed by atoms with van der Waals surface area (Å²) in [5, 5.41) is 10.3. The van der Waals surface area contributed by atoms with Gasteiger partial charge in [0.15, 0.2) is 5.83 Å². The van der Waals surface area contributed by atoms with Gasteiger partial charge in [-0.15, -0.1) is 0 Å². The van der Waals surface area contributed by atoms with Crippen molar-refractivity contribution in [1.82, 2.24) is 19.8 Å². The van der Waals surface area contributed by atoms with Crippen LogP contribution in [0.3, 0.4) is 0 Å². The maximum Gasteiger partial charge on any atom is 0.318 e. The molecular weight excluding hydrogens is 579 g/mol. The van der Waals surface area contributed by atoms with Crippen LogP contribution >= 0.6 is 11.6 Å². The molecular formula is C34H44ClFN6O2. The first-order chi connectivity index (χ1) is 21.4. The molecule has 0 spiro atoms. The zero-order chi connectivity index (χ0) is 31.1. The summed E-state index contributed by atoms with van der Waals surface area (Å²) in [6, 6.07) is 11.1. The van der Waals surface area contributed by atoms with Crippen molar-refractivity contribution in [3.05, 3.63) is 58.5 Å². The van der Waals surface area contributed by atoms with E-state index in [9.17, 15) is 14.4 Å². The normalized spacial score (nSPS) is 20.8. The molecule has 2 unspecified atom stereocenters. The Hall–Kier alpha value is -3.22. The Kier molecular flexibility index (Phi) is 11.1. The van der Waals surface area contributed by atoms with Crippen LogP contribution in [-0.2, 0) is 24.1 Å². The Morgan fingerprint density at radius 1 is 1.11 bits per heavy atom. The first-order valence-corrected chi connectivity index (χ1v) is 16.6. The quantitative estimate of drug-likeness (QED) is 0.251. The van der Waals surface area contributed by atoms with E-state index >= 15 is 0 Å². The number of nitriles is 1. The van der Waals surface area contributed by atoms with E-state index in [1.54, 1.807) is 0 Å². The second-order valence-electron chi connectivity index (χ2n) is 12.2. The van der Waals surface area contributed by atoms with E-state index in [0.29, 0.717) is 37.8 Å². The minimum Gasteiger partial charge on any atom is -0.462 e. The Balaban J connectivity index is 1.41. The number of ether oxygens (including phenoxy) is 1. The van der Waals surface area contributed by atoms with Gasteiger partial charge >= 0.3 is 6.01 Å². The first kappa shape index (κ1) is 32.2. The zero-order valence-corrected chi connectivity index (χ0v) is 26.6. The van der Waals surface area contributed by atoms with E-state index in [4.69, 9.17) is 26.3 Å². The molecule has 2 atom stereocenters. The average molecular weight is 623 g/mol. The van der Waals surface area contributed by atoms with Crippen LogP contribution in [0.4, 0.5) is 10.2 Å². The van der Waals surface area contributed by atoms with Crippen LogP contribution in [-0.4, -0.2) is 76.6 Å². The minimum atomic E-state index is -1.01. The second-order valence-corrected chi connectivity index (χ2v) is 12.7. The molecule has 2 saturated heterocycles. The molecule has 8 nitrogen and oxygen atoms in total. The summed E-state index contributed by atoms with van der Waals surface area (Å²) in [5.41, 5.74) is 3.15. The third kappa shape index (κ3) is 7.52.